The highest BCUT2D eigenvalue weighted by atomic mass is 35.5. The molecule has 6 heteroatoms. The molecule has 5 nitrogen and oxygen atoms in total. The first-order valence-electron chi connectivity index (χ1n) is 6.81. The smallest absolute Gasteiger partial charge is 0.407 e. The summed E-state index contributed by atoms with van der Waals surface area (Å²) in [4.78, 5) is 14.5. The number of carboxylic acid groups (broad SMARTS) is 1. The fourth-order valence-electron chi connectivity index (χ4n) is 2.82. The second-order valence-corrected chi connectivity index (χ2v) is 5.94. The number of rotatable bonds is 2. The molecule has 0 spiro atoms. The molecule has 0 aliphatic carbocycles. The molecule has 0 bridgehead atoms. The first-order valence-corrected chi connectivity index (χ1v) is 7.19. The second kappa shape index (κ2) is 5.24. The number of benzene rings is 1. The highest BCUT2D eigenvalue weighted by Crippen LogP contribution is 2.36. The van der Waals surface area contributed by atoms with Gasteiger partial charge in [0, 0.05) is 36.1 Å². The van der Waals surface area contributed by atoms with Gasteiger partial charge in [0.25, 0.3) is 0 Å². The van der Waals surface area contributed by atoms with E-state index in [1.54, 1.807) is 0 Å². The molecule has 112 valence electrons. The molecule has 1 amide bonds. The highest BCUT2D eigenvalue weighted by molar-refractivity contribution is 6.32. The van der Waals surface area contributed by atoms with Gasteiger partial charge in [0.2, 0.25) is 0 Å². The third-order valence-electron chi connectivity index (χ3n) is 3.97. The van der Waals surface area contributed by atoms with Gasteiger partial charge in [-0.05, 0) is 31.2 Å². The summed E-state index contributed by atoms with van der Waals surface area (Å²) in [6, 6.07) is 3.71. The molecule has 21 heavy (non-hydrogen) atoms. The Balaban J connectivity index is 2.16. The van der Waals surface area contributed by atoms with Gasteiger partial charge in [0.1, 0.15) is 11.3 Å². The summed E-state index contributed by atoms with van der Waals surface area (Å²) in [5.41, 5.74) is 2.94. The van der Waals surface area contributed by atoms with E-state index in [1.165, 1.54) is 11.9 Å². The number of nitrogens with zero attached hydrogens (tertiary/aromatic N) is 2. The number of carbonyl (C=O) groups is 1. The molecule has 1 aliphatic heterocycles. The van der Waals surface area contributed by atoms with E-state index in [2.05, 4.69) is 4.90 Å². The zero-order chi connectivity index (χ0) is 15.1. The molecule has 3 rings (SSSR count). The Bertz CT molecular complexity index is 710. The van der Waals surface area contributed by atoms with Gasteiger partial charge < -0.3 is 19.3 Å². The number of halogens is 1. The van der Waals surface area contributed by atoms with E-state index in [0.717, 1.165) is 46.6 Å². The van der Waals surface area contributed by atoms with Gasteiger partial charge in [-0.2, -0.15) is 0 Å². The molecular weight excluding hydrogens is 292 g/mol. The van der Waals surface area contributed by atoms with E-state index in [4.69, 9.17) is 21.1 Å². The largest absolute Gasteiger partial charge is 0.465 e. The quantitative estimate of drug-likeness (QED) is 0.925. The van der Waals surface area contributed by atoms with Crippen LogP contribution < -0.4 is 0 Å². The SMILES string of the molecule is CN1CCc2c(Cl)ccc3oc(CN(C)C(=O)O)c(c23)C1. The minimum atomic E-state index is -0.970. The number of hydrogen-bond donors (Lipinski definition) is 1. The average Bonchev–Trinajstić information content (AvgIpc) is 2.64. The van der Waals surface area contributed by atoms with Crippen LogP contribution in [-0.2, 0) is 19.5 Å². The van der Waals surface area contributed by atoms with Crippen molar-refractivity contribution in [1.82, 2.24) is 9.80 Å². The standard InChI is InChI=1S/C15H17ClN2O3/c1-17-6-5-9-11(16)3-4-12-14(9)10(7-17)13(21-12)8-18(2)15(19)20/h3-4H,5-8H2,1-2H3,(H,19,20). The van der Waals surface area contributed by atoms with Gasteiger partial charge in [0.05, 0.1) is 6.54 Å². The minimum Gasteiger partial charge on any atom is -0.465 e. The Kier molecular flexibility index (Phi) is 3.55. The van der Waals surface area contributed by atoms with Crippen LogP contribution in [0.5, 0.6) is 0 Å². The van der Waals surface area contributed by atoms with Crippen molar-refractivity contribution in [3.8, 4) is 0 Å². The molecule has 2 heterocycles. The van der Waals surface area contributed by atoms with Gasteiger partial charge in [-0.15, -0.1) is 0 Å². The van der Waals surface area contributed by atoms with Crippen LogP contribution in [0.15, 0.2) is 16.5 Å². The van der Waals surface area contributed by atoms with Crippen molar-refractivity contribution in [3.05, 3.63) is 34.0 Å². The van der Waals surface area contributed by atoms with Crippen molar-refractivity contribution < 1.29 is 14.3 Å². The van der Waals surface area contributed by atoms with E-state index in [-0.39, 0.29) is 6.54 Å². The van der Waals surface area contributed by atoms with Crippen LogP contribution in [0.2, 0.25) is 5.02 Å². The third kappa shape index (κ3) is 2.47. The Morgan fingerprint density at radius 3 is 2.95 bits per heavy atom. The lowest BCUT2D eigenvalue weighted by Gasteiger charge is -2.15. The third-order valence-corrected chi connectivity index (χ3v) is 4.32. The van der Waals surface area contributed by atoms with Crippen molar-refractivity contribution in [2.24, 2.45) is 0 Å². The molecule has 1 aromatic carbocycles. The van der Waals surface area contributed by atoms with Crippen LogP contribution in [0.3, 0.4) is 0 Å². The number of likely N-dealkylation sites (N-methyl/N-ethyl adjacent to an activating group) is 1. The zero-order valence-corrected chi connectivity index (χ0v) is 12.8. The van der Waals surface area contributed by atoms with Gasteiger partial charge in [-0.1, -0.05) is 11.6 Å². The summed E-state index contributed by atoms with van der Waals surface area (Å²) in [5.74, 6) is 0.701. The van der Waals surface area contributed by atoms with Crippen molar-refractivity contribution in [2.45, 2.75) is 19.5 Å². The lowest BCUT2D eigenvalue weighted by atomic mass is 10.0. The molecule has 1 N–H and O–H groups in total. The zero-order valence-electron chi connectivity index (χ0n) is 12.0. The van der Waals surface area contributed by atoms with Crippen molar-refractivity contribution in [1.29, 1.82) is 0 Å². The highest BCUT2D eigenvalue weighted by Gasteiger charge is 2.24. The van der Waals surface area contributed by atoms with Crippen molar-refractivity contribution in [3.63, 3.8) is 0 Å². The Labute approximate surface area is 127 Å². The van der Waals surface area contributed by atoms with Crippen LogP contribution in [0.1, 0.15) is 16.9 Å². The van der Waals surface area contributed by atoms with Crippen molar-refractivity contribution >= 4 is 28.7 Å². The lowest BCUT2D eigenvalue weighted by Crippen LogP contribution is -2.25. The monoisotopic (exact) mass is 308 g/mol. The van der Waals surface area contributed by atoms with Gasteiger partial charge in [0.15, 0.2) is 0 Å². The van der Waals surface area contributed by atoms with E-state index in [1.807, 2.05) is 19.2 Å². The fourth-order valence-corrected chi connectivity index (χ4v) is 3.08. The summed E-state index contributed by atoms with van der Waals surface area (Å²) in [7, 11) is 3.58. The topological polar surface area (TPSA) is 56.9 Å². The molecule has 0 fully saturated rings. The maximum atomic E-state index is 11.0. The van der Waals surface area contributed by atoms with Crippen LogP contribution in [0.25, 0.3) is 11.0 Å². The summed E-state index contributed by atoms with van der Waals surface area (Å²) in [6.45, 7) is 1.90. The summed E-state index contributed by atoms with van der Waals surface area (Å²) in [6.07, 6.45) is -0.101. The molecule has 0 atom stereocenters. The van der Waals surface area contributed by atoms with E-state index >= 15 is 0 Å². The summed E-state index contributed by atoms with van der Waals surface area (Å²) >= 11 is 6.33. The Morgan fingerprint density at radius 1 is 1.48 bits per heavy atom. The fraction of sp³-hybridized carbons (Fsp3) is 0.400. The van der Waals surface area contributed by atoms with Gasteiger partial charge >= 0.3 is 6.09 Å². The van der Waals surface area contributed by atoms with E-state index in [0.29, 0.717) is 5.76 Å². The second-order valence-electron chi connectivity index (χ2n) is 5.53. The van der Waals surface area contributed by atoms with Crippen molar-refractivity contribution in [2.75, 3.05) is 20.6 Å². The number of amides is 1. The lowest BCUT2D eigenvalue weighted by molar-refractivity contribution is 0.150. The van der Waals surface area contributed by atoms with Crippen LogP contribution in [-0.4, -0.2) is 41.6 Å². The molecule has 0 radical (unpaired) electrons. The van der Waals surface area contributed by atoms with Crippen LogP contribution >= 0.6 is 11.6 Å². The van der Waals surface area contributed by atoms with Gasteiger partial charge in [-0.3, -0.25) is 0 Å². The van der Waals surface area contributed by atoms with Crippen LogP contribution in [0, 0.1) is 0 Å². The molecule has 0 saturated carbocycles. The number of hydrogen-bond acceptors (Lipinski definition) is 3. The predicted molar refractivity (Wildman–Crippen MR) is 80.8 cm³/mol. The molecule has 1 aliphatic rings. The molecule has 0 saturated heterocycles. The van der Waals surface area contributed by atoms with Gasteiger partial charge in [-0.25, -0.2) is 4.79 Å². The summed E-state index contributed by atoms with van der Waals surface area (Å²) in [5, 5.41) is 10.9. The van der Waals surface area contributed by atoms with E-state index < -0.39 is 6.09 Å². The number of furan rings is 1. The first-order chi connectivity index (χ1) is 9.97. The average molecular weight is 309 g/mol. The predicted octanol–water partition coefficient (Wildman–Crippen LogP) is 3.18. The Hall–Kier alpha value is -1.72. The normalized spacial score (nSPS) is 15.2. The minimum absolute atomic E-state index is 0.240. The Morgan fingerprint density at radius 2 is 2.24 bits per heavy atom. The molecule has 1 aromatic heterocycles. The molecular formula is C15H17ClN2O3. The maximum absolute atomic E-state index is 11.0. The van der Waals surface area contributed by atoms with E-state index in [9.17, 15) is 4.79 Å². The maximum Gasteiger partial charge on any atom is 0.407 e. The summed E-state index contributed by atoms with van der Waals surface area (Å²) < 4.78 is 5.90. The molecule has 2 aromatic rings. The molecule has 0 unspecified atom stereocenters. The van der Waals surface area contributed by atoms with Crippen LogP contribution in [0.4, 0.5) is 4.79 Å². The first kappa shape index (κ1) is 14.2.